The second kappa shape index (κ2) is 18.2. The van der Waals surface area contributed by atoms with Crippen LogP contribution in [0.25, 0.3) is 11.1 Å². The molecule has 13 heteroatoms. The summed E-state index contributed by atoms with van der Waals surface area (Å²) in [6.45, 7) is 5.33. The first-order valence-electron chi connectivity index (χ1n) is 19.9. The van der Waals surface area contributed by atoms with Crippen molar-refractivity contribution in [3.05, 3.63) is 164 Å². The zero-order valence-corrected chi connectivity index (χ0v) is 35.4. The molecule has 1 amide bonds. The van der Waals surface area contributed by atoms with Gasteiger partial charge >= 0.3 is 5.97 Å². The largest absolute Gasteiger partial charge is 0.489 e. The molecule has 0 radical (unpaired) electrons. The molecule has 6 aromatic rings. The Kier molecular flexibility index (Phi) is 12.4. The van der Waals surface area contributed by atoms with E-state index >= 15 is 0 Å². The Bertz CT molecular complexity index is 2570. The fourth-order valence-corrected chi connectivity index (χ4v) is 8.03. The second-order valence-corrected chi connectivity index (χ2v) is 16.1. The number of fused-ring (bicyclic) bond motifs is 2. The van der Waals surface area contributed by atoms with E-state index in [4.69, 9.17) is 42.1 Å². The van der Waals surface area contributed by atoms with E-state index in [9.17, 15) is 14.7 Å². The second-order valence-electron chi connectivity index (χ2n) is 15.3. The van der Waals surface area contributed by atoms with Gasteiger partial charge in [0, 0.05) is 37.5 Å². The van der Waals surface area contributed by atoms with Crippen LogP contribution in [-0.4, -0.2) is 57.7 Å². The minimum atomic E-state index is -1.15. The first kappa shape index (κ1) is 41.6. The number of benzene rings is 4. The molecule has 2 N–H and O–H groups in total. The molecule has 2 aliphatic heterocycles. The summed E-state index contributed by atoms with van der Waals surface area (Å²) in [5.41, 5.74) is 9.33. The van der Waals surface area contributed by atoms with Gasteiger partial charge < -0.3 is 29.4 Å². The smallest absolute Gasteiger partial charge is 0.326 e. The zero-order chi connectivity index (χ0) is 42.6. The molecule has 0 saturated heterocycles. The van der Waals surface area contributed by atoms with Crippen molar-refractivity contribution in [2.75, 3.05) is 13.7 Å². The molecule has 2 aromatic heterocycles. The highest BCUT2D eigenvalue weighted by Gasteiger charge is 2.36. The number of rotatable bonds is 13. The summed E-state index contributed by atoms with van der Waals surface area (Å²) in [7, 11) is 1.56. The molecule has 8 rings (SSSR count). The van der Waals surface area contributed by atoms with Crippen LogP contribution >= 0.6 is 23.2 Å². The fraction of sp³-hybridized carbons (Fsp3) is 0.250. The number of carboxylic acid groups (broad SMARTS) is 1. The number of carboxylic acids is 1. The average Bonchev–Trinajstić information content (AvgIpc) is 3.27. The molecule has 0 aliphatic carbocycles. The molecule has 1 unspecified atom stereocenters. The van der Waals surface area contributed by atoms with Gasteiger partial charge in [0.15, 0.2) is 17.6 Å². The topological polar surface area (TPSA) is 132 Å². The summed E-state index contributed by atoms with van der Waals surface area (Å²) in [5, 5.41) is 14.2. The number of aromatic nitrogens is 2. The highest BCUT2D eigenvalue weighted by atomic mass is 35.5. The lowest BCUT2D eigenvalue weighted by atomic mass is 9.92. The first-order chi connectivity index (χ1) is 29.5. The molecule has 0 bridgehead atoms. The van der Waals surface area contributed by atoms with E-state index in [0.29, 0.717) is 65.0 Å². The van der Waals surface area contributed by atoms with Crippen LogP contribution in [0.15, 0.2) is 109 Å². The van der Waals surface area contributed by atoms with E-state index in [1.165, 1.54) is 0 Å². The number of methoxy groups -OCH3 is 1. The third-order valence-electron chi connectivity index (χ3n) is 11.2. The monoisotopic (exact) mass is 858 g/mol. The minimum Gasteiger partial charge on any atom is -0.489 e. The number of carbonyl (C=O) groups excluding carboxylic acids is 1. The van der Waals surface area contributed by atoms with Crippen molar-refractivity contribution in [1.29, 1.82) is 0 Å². The number of hydrogen-bond acceptors (Lipinski definition) is 9. The quantitative estimate of drug-likeness (QED) is 0.116. The van der Waals surface area contributed by atoms with Gasteiger partial charge in [-0.05, 0) is 113 Å². The van der Waals surface area contributed by atoms with Gasteiger partial charge in [-0.15, -0.1) is 0 Å². The van der Waals surface area contributed by atoms with E-state index in [-0.39, 0.29) is 25.0 Å². The van der Waals surface area contributed by atoms with Crippen LogP contribution in [0.5, 0.6) is 23.1 Å². The number of aryl methyl sites for hydroxylation is 1. The lowest BCUT2D eigenvalue weighted by Crippen LogP contribution is -2.54. The van der Waals surface area contributed by atoms with Crippen molar-refractivity contribution >= 4 is 35.1 Å². The molecule has 0 saturated carbocycles. The summed E-state index contributed by atoms with van der Waals surface area (Å²) in [6.07, 6.45) is 1.86. The summed E-state index contributed by atoms with van der Waals surface area (Å²) >= 11 is 12.2. The van der Waals surface area contributed by atoms with Gasteiger partial charge in [0.1, 0.15) is 25.0 Å². The van der Waals surface area contributed by atoms with Crippen LogP contribution in [0.4, 0.5) is 0 Å². The van der Waals surface area contributed by atoms with Crippen LogP contribution in [0.1, 0.15) is 50.9 Å². The maximum atomic E-state index is 14.3. The molecule has 0 spiro atoms. The molecule has 61 heavy (non-hydrogen) atoms. The predicted molar refractivity (Wildman–Crippen MR) is 232 cm³/mol. The Morgan fingerprint density at radius 3 is 2.44 bits per heavy atom. The third kappa shape index (κ3) is 9.60. The number of halogens is 2. The van der Waals surface area contributed by atoms with Gasteiger partial charge in [-0.3, -0.25) is 14.7 Å². The normalized spacial score (nSPS) is 16.3. The number of amides is 1. The predicted octanol–water partition coefficient (Wildman–Crippen LogP) is 8.91. The number of carbonyl (C=O) groups is 2. The van der Waals surface area contributed by atoms with Crippen LogP contribution < -0.4 is 24.3 Å². The Hall–Kier alpha value is -6.14. The van der Waals surface area contributed by atoms with Crippen molar-refractivity contribution in [2.45, 2.75) is 64.6 Å². The van der Waals surface area contributed by atoms with Gasteiger partial charge in [0.05, 0.1) is 28.9 Å². The lowest BCUT2D eigenvalue weighted by Gasteiger charge is -2.37. The number of aliphatic carboxylic acids is 1. The van der Waals surface area contributed by atoms with E-state index < -0.39 is 18.1 Å². The number of ether oxygens (including phenoxy) is 4. The number of hydrogen-bond donors (Lipinski definition) is 2. The van der Waals surface area contributed by atoms with Crippen molar-refractivity contribution in [3.63, 3.8) is 0 Å². The molecular formula is C48H44Cl2N4O7. The Morgan fingerprint density at radius 2 is 1.69 bits per heavy atom. The summed E-state index contributed by atoms with van der Waals surface area (Å²) in [5.74, 6) is 0.834. The molecule has 4 heterocycles. The van der Waals surface area contributed by atoms with Crippen molar-refractivity contribution < 1.29 is 33.6 Å². The van der Waals surface area contributed by atoms with Crippen LogP contribution in [-0.2, 0) is 42.1 Å². The van der Waals surface area contributed by atoms with E-state index in [1.807, 2.05) is 104 Å². The number of nitrogens with one attached hydrogen (secondary N) is 1. The summed E-state index contributed by atoms with van der Waals surface area (Å²) in [4.78, 5) is 37.9. The van der Waals surface area contributed by atoms with E-state index in [0.717, 1.165) is 50.2 Å². The van der Waals surface area contributed by atoms with E-state index in [1.54, 1.807) is 31.5 Å². The number of pyridine rings is 2. The standard InChI is InChI=1S/C48H44Cl2N4O7/c1-28-29(2)51-18-17-38(28)32-10-7-30(8-11-32)20-41(48(56)57)53-47(55)42-21-34-22-43-44(23-35(34)24-54(42)25-36-5-4-6-46(52-36)58-3)61-45(27-60-43)33-12-14-37(15-13-33)59-26-31-9-16-39(49)40(50)19-31/h4-19,22-23,41-42,45H,20-21,24-27H2,1-3H3,(H,53,55)(H,56,57)/t41?,42-,45+/m0/s1. The highest BCUT2D eigenvalue weighted by Crippen LogP contribution is 2.41. The zero-order valence-electron chi connectivity index (χ0n) is 33.9. The molecule has 0 fully saturated rings. The molecule has 3 atom stereocenters. The maximum absolute atomic E-state index is 14.3. The van der Waals surface area contributed by atoms with Gasteiger partial charge in [-0.2, -0.15) is 0 Å². The molecule has 11 nitrogen and oxygen atoms in total. The van der Waals surface area contributed by atoms with Gasteiger partial charge in [0.25, 0.3) is 0 Å². The van der Waals surface area contributed by atoms with Crippen molar-refractivity contribution in [2.24, 2.45) is 0 Å². The lowest BCUT2D eigenvalue weighted by molar-refractivity contribution is -0.142. The Morgan fingerprint density at radius 1 is 0.918 bits per heavy atom. The highest BCUT2D eigenvalue weighted by molar-refractivity contribution is 6.42. The summed E-state index contributed by atoms with van der Waals surface area (Å²) < 4.78 is 24.2. The van der Waals surface area contributed by atoms with Crippen molar-refractivity contribution in [1.82, 2.24) is 20.2 Å². The fourth-order valence-electron chi connectivity index (χ4n) is 7.71. The number of nitrogens with zero attached hydrogens (tertiary/aromatic N) is 3. The SMILES string of the molecule is COc1cccc(CN2Cc3cc4c(cc3C[C@H]2C(=O)NC(Cc2ccc(-c3ccnc(C)c3C)cc2)C(=O)O)OC[C@H](c2ccc(OCc3ccc(Cl)c(Cl)c3)cc2)O4)n1. The molecule has 4 aromatic carbocycles. The van der Waals surface area contributed by atoms with Gasteiger partial charge in [-0.1, -0.05) is 71.7 Å². The molecule has 312 valence electrons. The first-order valence-corrected chi connectivity index (χ1v) is 20.7. The molecular weight excluding hydrogens is 815 g/mol. The minimum absolute atomic E-state index is 0.116. The molecule has 2 aliphatic rings. The van der Waals surface area contributed by atoms with Crippen LogP contribution in [0, 0.1) is 13.8 Å². The summed E-state index contributed by atoms with van der Waals surface area (Å²) in [6, 6.07) is 30.4. The Balaban J connectivity index is 0.979. The Labute approximate surface area is 364 Å². The van der Waals surface area contributed by atoms with Gasteiger partial charge in [0.2, 0.25) is 11.8 Å². The van der Waals surface area contributed by atoms with Crippen LogP contribution in [0.2, 0.25) is 10.0 Å². The van der Waals surface area contributed by atoms with Crippen LogP contribution in [0.3, 0.4) is 0 Å². The average molecular weight is 860 g/mol. The maximum Gasteiger partial charge on any atom is 0.326 e. The third-order valence-corrected chi connectivity index (χ3v) is 12.0. The van der Waals surface area contributed by atoms with Crippen molar-refractivity contribution in [3.8, 4) is 34.3 Å². The van der Waals surface area contributed by atoms with E-state index in [2.05, 4.69) is 15.3 Å². The van der Waals surface area contributed by atoms with Gasteiger partial charge in [-0.25, -0.2) is 9.78 Å².